The van der Waals surface area contributed by atoms with Gasteiger partial charge >= 0.3 is 0 Å². The van der Waals surface area contributed by atoms with Gasteiger partial charge in [0.2, 0.25) is 0 Å². The van der Waals surface area contributed by atoms with Gasteiger partial charge in [-0.3, -0.25) is 14.8 Å². The standard InChI is InChI=1S/C12H12Cl3N3O3S/c13-12(14,15)11(19)18-10-7-22(20,21)6-9(10)17-5-8-1-3-16-4-2-8/h1-5,9-10H,6-7H2,(H,18,19). The number of rotatable bonds is 3. The Labute approximate surface area is 142 Å². The smallest absolute Gasteiger partial charge is 0.272 e. The largest absolute Gasteiger partial charge is 0.346 e. The van der Waals surface area contributed by atoms with Gasteiger partial charge in [0.05, 0.1) is 23.6 Å². The van der Waals surface area contributed by atoms with Crippen molar-refractivity contribution in [3.05, 3.63) is 30.1 Å². The fourth-order valence-electron chi connectivity index (χ4n) is 2.00. The SMILES string of the molecule is O=C(NC1CS(=O)(=O)CC1N=Cc1ccncc1)C(Cl)(Cl)Cl. The van der Waals surface area contributed by atoms with Crippen molar-refractivity contribution in [2.45, 2.75) is 15.9 Å². The zero-order valence-electron chi connectivity index (χ0n) is 11.1. The molecule has 1 N–H and O–H groups in total. The first-order valence-corrected chi connectivity index (χ1v) is 9.14. The van der Waals surface area contributed by atoms with Gasteiger partial charge in [-0.25, -0.2) is 8.42 Å². The van der Waals surface area contributed by atoms with E-state index in [1.54, 1.807) is 24.5 Å². The van der Waals surface area contributed by atoms with Crippen LogP contribution < -0.4 is 5.32 Å². The fraction of sp³-hybridized carbons (Fsp3) is 0.417. The zero-order chi connectivity index (χ0) is 16.4. The maximum atomic E-state index is 11.8. The number of nitrogens with one attached hydrogen (secondary N) is 1. The van der Waals surface area contributed by atoms with Crippen LogP contribution in [0.1, 0.15) is 5.56 Å². The second-order valence-corrected chi connectivity index (χ2v) is 9.22. The van der Waals surface area contributed by atoms with Crippen molar-refractivity contribution in [3.8, 4) is 0 Å². The molecule has 10 heteroatoms. The Morgan fingerprint density at radius 2 is 1.95 bits per heavy atom. The maximum Gasteiger partial charge on any atom is 0.272 e. The molecule has 1 fully saturated rings. The minimum absolute atomic E-state index is 0.167. The van der Waals surface area contributed by atoms with Crippen molar-refractivity contribution in [2.24, 2.45) is 4.99 Å². The summed E-state index contributed by atoms with van der Waals surface area (Å²) in [6, 6.07) is 2.09. The molecule has 22 heavy (non-hydrogen) atoms. The molecule has 2 atom stereocenters. The monoisotopic (exact) mass is 383 g/mol. The number of aliphatic imine (C=N–C) groups is 1. The van der Waals surface area contributed by atoms with E-state index in [-0.39, 0.29) is 11.5 Å². The van der Waals surface area contributed by atoms with E-state index in [4.69, 9.17) is 34.8 Å². The molecule has 0 spiro atoms. The van der Waals surface area contributed by atoms with E-state index in [1.165, 1.54) is 6.21 Å². The molecule has 2 heterocycles. The Balaban J connectivity index is 2.13. The number of hydrogen-bond acceptors (Lipinski definition) is 5. The van der Waals surface area contributed by atoms with Crippen LogP contribution in [0.4, 0.5) is 0 Å². The molecular weight excluding hydrogens is 373 g/mol. The van der Waals surface area contributed by atoms with Gasteiger partial charge in [-0.15, -0.1) is 0 Å². The van der Waals surface area contributed by atoms with Gasteiger partial charge in [-0.2, -0.15) is 0 Å². The number of amides is 1. The topological polar surface area (TPSA) is 88.5 Å². The summed E-state index contributed by atoms with van der Waals surface area (Å²) in [7, 11) is -3.31. The van der Waals surface area contributed by atoms with Gasteiger partial charge in [0, 0.05) is 18.6 Å². The molecular formula is C12H12Cl3N3O3S. The van der Waals surface area contributed by atoms with E-state index in [1.807, 2.05) is 0 Å². The number of hydrogen-bond donors (Lipinski definition) is 1. The average molecular weight is 385 g/mol. The molecule has 0 radical (unpaired) electrons. The number of sulfone groups is 1. The number of carbonyl (C=O) groups is 1. The first-order valence-electron chi connectivity index (χ1n) is 6.19. The predicted molar refractivity (Wildman–Crippen MR) is 86.5 cm³/mol. The molecule has 0 saturated carbocycles. The third kappa shape index (κ3) is 4.81. The van der Waals surface area contributed by atoms with Crippen LogP contribution in [0.5, 0.6) is 0 Å². The van der Waals surface area contributed by atoms with E-state index in [2.05, 4.69) is 15.3 Å². The molecule has 120 valence electrons. The average Bonchev–Trinajstić information content (AvgIpc) is 2.71. The van der Waals surface area contributed by atoms with Gasteiger partial charge in [0.15, 0.2) is 9.84 Å². The van der Waals surface area contributed by atoms with E-state index < -0.39 is 31.6 Å². The van der Waals surface area contributed by atoms with Crippen LogP contribution in [0.15, 0.2) is 29.5 Å². The Kier molecular flexibility index (Phi) is 5.32. The van der Waals surface area contributed by atoms with Crippen LogP contribution in [0.3, 0.4) is 0 Å². The number of carbonyl (C=O) groups excluding carboxylic acids is 1. The first-order chi connectivity index (χ1) is 10.2. The second kappa shape index (κ2) is 6.70. The molecule has 1 aliphatic rings. The third-order valence-electron chi connectivity index (χ3n) is 3.02. The van der Waals surface area contributed by atoms with E-state index >= 15 is 0 Å². The second-order valence-electron chi connectivity index (χ2n) is 4.78. The van der Waals surface area contributed by atoms with Crippen LogP contribution >= 0.6 is 34.8 Å². The molecule has 1 amide bonds. The molecule has 1 aromatic heterocycles. The number of pyridine rings is 1. The Hall–Kier alpha value is -0.890. The lowest BCUT2D eigenvalue weighted by molar-refractivity contribution is -0.120. The minimum atomic E-state index is -3.31. The zero-order valence-corrected chi connectivity index (χ0v) is 14.2. The summed E-state index contributed by atoms with van der Waals surface area (Å²) < 4.78 is 21.4. The Bertz CT molecular complexity index is 674. The third-order valence-corrected chi connectivity index (χ3v) is 5.25. The van der Waals surface area contributed by atoms with Crippen molar-refractivity contribution in [1.29, 1.82) is 0 Å². The van der Waals surface area contributed by atoms with Crippen LogP contribution in [-0.4, -0.2) is 52.9 Å². The van der Waals surface area contributed by atoms with Gasteiger partial charge in [-0.1, -0.05) is 34.8 Å². The highest BCUT2D eigenvalue weighted by Gasteiger charge is 2.41. The summed E-state index contributed by atoms with van der Waals surface area (Å²) in [6.45, 7) is 0. The molecule has 0 aliphatic carbocycles. The molecule has 1 aromatic rings. The van der Waals surface area contributed by atoms with Crippen molar-refractivity contribution in [2.75, 3.05) is 11.5 Å². The molecule has 6 nitrogen and oxygen atoms in total. The van der Waals surface area contributed by atoms with Gasteiger partial charge in [0.25, 0.3) is 9.70 Å². The number of halogens is 3. The fourth-order valence-corrected chi connectivity index (χ4v) is 3.99. The molecule has 0 aromatic carbocycles. The number of aromatic nitrogens is 1. The van der Waals surface area contributed by atoms with Crippen molar-refractivity contribution >= 4 is 56.8 Å². The summed E-state index contributed by atoms with van der Waals surface area (Å²) in [5, 5.41) is 2.42. The van der Waals surface area contributed by atoms with Crippen LogP contribution in [0.25, 0.3) is 0 Å². The lowest BCUT2D eigenvalue weighted by Gasteiger charge is -2.19. The van der Waals surface area contributed by atoms with Crippen LogP contribution in [0.2, 0.25) is 0 Å². The minimum Gasteiger partial charge on any atom is -0.346 e. The summed E-state index contributed by atoms with van der Waals surface area (Å²) in [4.78, 5) is 19.8. The summed E-state index contributed by atoms with van der Waals surface area (Å²) in [5.41, 5.74) is 0.769. The number of alkyl halides is 3. The Morgan fingerprint density at radius 1 is 1.32 bits per heavy atom. The molecule has 0 bridgehead atoms. The first kappa shape index (κ1) is 17.5. The highest BCUT2D eigenvalue weighted by atomic mass is 35.6. The van der Waals surface area contributed by atoms with Crippen LogP contribution in [0, 0.1) is 0 Å². The summed E-state index contributed by atoms with van der Waals surface area (Å²) >= 11 is 16.4. The van der Waals surface area contributed by atoms with Gasteiger partial charge in [0.1, 0.15) is 0 Å². The highest BCUT2D eigenvalue weighted by molar-refractivity contribution is 7.91. The summed E-state index contributed by atoms with van der Waals surface area (Å²) in [6.07, 6.45) is 4.71. The van der Waals surface area contributed by atoms with Crippen LogP contribution in [-0.2, 0) is 14.6 Å². The van der Waals surface area contributed by atoms with E-state index in [0.29, 0.717) is 0 Å². The quantitative estimate of drug-likeness (QED) is 0.625. The summed E-state index contributed by atoms with van der Waals surface area (Å²) in [5.74, 6) is -1.28. The number of nitrogens with zero attached hydrogens (tertiary/aromatic N) is 2. The maximum absolute atomic E-state index is 11.8. The van der Waals surface area contributed by atoms with Crippen molar-refractivity contribution in [3.63, 3.8) is 0 Å². The lowest BCUT2D eigenvalue weighted by Crippen LogP contribution is -2.46. The van der Waals surface area contributed by atoms with Gasteiger partial charge < -0.3 is 5.32 Å². The van der Waals surface area contributed by atoms with E-state index in [0.717, 1.165) is 5.56 Å². The molecule has 2 unspecified atom stereocenters. The normalized spacial score (nSPS) is 24.5. The predicted octanol–water partition coefficient (Wildman–Crippen LogP) is 1.15. The molecule has 1 saturated heterocycles. The molecule has 2 rings (SSSR count). The highest BCUT2D eigenvalue weighted by Crippen LogP contribution is 2.27. The van der Waals surface area contributed by atoms with Crippen molar-refractivity contribution < 1.29 is 13.2 Å². The van der Waals surface area contributed by atoms with Gasteiger partial charge in [-0.05, 0) is 17.7 Å². The van der Waals surface area contributed by atoms with Crippen molar-refractivity contribution in [1.82, 2.24) is 10.3 Å². The Morgan fingerprint density at radius 3 is 2.55 bits per heavy atom. The van der Waals surface area contributed by atoms with E-state index in [9.17, 15) is 13.2 Å². The lowest BCUT2D eigenvalue weighted by atomic mass is 10.2. The molecule has 1 aliphatic heterocycles.